The minimum Gasteiger partial charge on any atom is -0.322 e. The fourth-order valence-corrected chi connectivity index (χ4v) is 5.55. The summed E-state index contributed by atoms with van der Waals surface area (Å²) < 4.78 is 84.9. The number of amides is 2. The summed E-state index contributed by atoms with van der Waals surface area (Å²) in [6.45, 7) is 6.09. The van der Waals surface area contributed by atoms with Crippen LogP contribution in [0.15, 0.2) is 54.7 Å². The molecule has 2 amide bonds. The number of halogens is 6. The van der Waals surface area contributed by atoms with E-state index in [1.165, 1.54) is 28.9 Å². The Balaban J connectivity index is 1.27. The van der Waals surface area contributed by atoms with Crippen molar-refractivity contribution < 1.29 is 35.9 Å². The number of alkyl halides is 6. The quantitative estimate of drug-likeness (QED) is 0.220. The number of aromatic nitrogens is 3. The van der Waals surface area contributed by atoms with Crippen LogP contribution < -0.4 is 10.6 Å². The van der Waals surface area contributed by atoms with Crippen molar-refractivity contribution in [1.82, 2.24) is 24.4 Å². The van der Waals surface area contributed by atoms with Gasteiger partial charge in [0.25, 0.3) is 5.91 Å². The molecule has 2 N–H and O–H groups in total. The molecule has 3 heterocycles. The van der Waals surface area contributed by atoms with E-state index in [9.17, 15) is 35.9 Å². The Kier molecular flexibility index (Phi) is 8.70. The minimum atomic E-state index is -4.81. The van der Waals surface area contributed by atoms with Gasteiger partial charge in [-0.1, -0.05) is 6.92 Å². The first-order chi connectivity index (χ1) is 22.3. The Morgan fingerprint density at radius 1 is 0.872 bits per heavy atom. The first kappa shape index (κ1) is 32.4. The molecule has 15 heteroatoms. The molecule has 248 valence electrons. The summed E-state index contributed by atoms with van der Waals surface area (Å²) in [5.74, 6) is -0.986. The number of nitrogens with one attached hydrogen (secondary N) is 2. The number of anilines is 2. The molecule has 0 unspecified atom stereocenters. The second kappa shape index (κ2) is 12.6. The van der Waals surface area contributed by atoms with Crippen molar-refractivity contribution in [2.45, 2.75) is 38.7 Å². The highest BCUT2D eigenvalue weighted by Crippen LogP contribution is 2.38. The monoisotopic (exact) mass is 659 g/mol. The van der Waals surface area contributed by atoms with Gasteiger partial charge in [-0.3, -0.25) is 14.5 Å². The van der Waals surface area contributed by atoms with E-state index in [2.05, 4.69) is 25.6 Å². The molecule has 2 aromatic carbocycles. The van der Waals surface area contributed by atoms with Crippen molar-refractivity contribution in [3.05, 3.63) is 77.0 Å². The summed E-state index contributed by atoms with van der Waals surface area (Å²) in [5.41, 5.74) is -2.29. The number of hydrogen-bond donors (Lipinski definition) is 2. The number of imidazole rings is 1. The molecule has 0 atom stereocenters. The average molecular weight is 660 g/mol. The molecule has 1 aliphatic heterocycles. The third-order valence-corrected chi connectivity index (χ3v) is 8.28. The van der Waals surface area contributed by atoms with Crippen LogP contribution in [0.3, 0.4) is 0 Å². The molecule has 0 bridgehead atoms. The van der Waals surface area contributed by atoms with Crippen LogP contribution in [0.5, 0.6) is 0 Å². The molecule has 6 rings (SSSR count). The third-order valence-electron chi connectivity index (χ3n) is 8.28. The van der Waals surface area contributed by atoms with Crippen molar-refractivity contribution in [2.24, 2.45) is 5.92 Å². The number of likely N-dealkylation sites (N-methyl/N-ethyl adjacent to an activating group) is 1. The summed E-state index contributed by atoms with van der Waals surface area (Å²) in [5, 5.41) is 9.35. The number of nitrogens with zero attached hydrogens (tertiary/aromatic N) is 5. The van der Waals surface area contributed by atoms with E-state index in [0.29, 0.717) is 18.7 Å². The molecule has 0 spiro atoms. The highest BCUT2D eigenvalue weighted by atomic mass is 19.4. The SMILES string of the molecule is CCN1CCN(Cc2cc(NC(=O)c3ccc(C(F)(F)F)c(-c4ccc5nc(NC(=O)C6CC6)cn5n4)c3)cc(C(F)(F)F)c2)CC1. The molecule has 2 aliphatic rings. The van der Waals surface area contributed by atoms with Gasteiger partial charge in [0.1, 0.15) is 0 Å². The summed E-state index contributed by atoms with van der Waals surface area (Å²) in [6.07, 6.45) is -6.57. The van der Waals surface area contributed by atoms with Gasteiger partial charge in [0.05, 0.1) is 23.0 Å². The zero-order valence-electron chi connectivity index (χ0n) is 25.3. The molecule has 0 radical (unpaired) electrons. The van der Waals surface area contributed by atoms with Gasteiger partial charge in [0, 0.05) is 55.5 Å². The molecule has 4 aromatic rings. The molecular formula is C32H31F6N7O2. The standard InChI is InChI=1S/C32H31F6N7O2/c1-2-43-9-11-44(12-10-43)17-19-13-22(31(33,34)35)16-23(14-19)39-30(47)21-5-6-25(32(36,37)38)24(15-21)26-7-8-28-40-27(18-45(28)42-26)41-29(46)20-3-4-20/h5-8,13-16,18,20H,2-4,9-12,17H2,1H3,(H,39,47)(H,41,46). The number of piperazine rings is 1. The van der Waals surface area contributed by atoms with Gasteiger partial charge in [-0.25, -0.2) is 9.50 Å². The lowest BCUT2D eigenvalue weighted by Crippen LogP contribution is -2.45. The third kappa shape index (κ3) is 7.57. The lowest BCUT2D eigenvalue weighted by atomic mass is 10.00. The molecule has 1 saturated carbocycles. The Hall–Kier alpha value is -4.50. The van der Waals surface area contributed by atoms with Crippen LogP contribution in [0.2, 0.25) is 0 Å². The van der Waals surface area contributed by atoms with Crippen LogP contribution in [0, 0.1) is 5.92 Å². The van der Waals surface area contributed by atoms with E-state index in [4.69, 9.17) is 0 Å². The highest BCUT2D eigenvalue weighted by Gasteiger charge is 2.35. The van der Waals surface area contributed by atoms with E-state index >= 15 is 0 Å². The predicted octanol–water partition coefficient (Wildman–Crippen LogP) is 6.17. The van der Waals surface area contributed by atoms with Crippen molar-refractivity contribution in [3.63, 3.8) is 0 Å². The van der Waals surface area contributed by atoms with Crippen LogP contribution in [0.4, 0.5) is 37.8 Å². The fourth-order valence-electron chi connectivity index (χ4n) is 5.55. The van der Waals surface area contributed by atoms with Gasteiger partial charge in [0.15, 0.2) is 11.5 Å². The van der Waals surface area contributed by atoms with Gasteiger partial charge in [-0.2, -0.15) is 31.4 Å². The normalized spacial score (nSPS) is 16.4. The van der Waals surface area contributed by atoms with Gasteiger partial charge in [0.2, 0.25) is 5.91 Å². The average Bonchev–Trinajstić information content (AvgIpc) is 3.80. The van der Waals surface area contributed by atoms with Gasteiger partial charge in [-0.15, -0.1) is 0 Å². The maximum absolute atomic E-state index is 14.1. The van der Waals surface area contributed by atoms with E-state index in [-0.39, 0.29) is 46.8 Å². The Morgan fingerprint density at radius 3 is 2.26 bits per heavy atom. The van der Waals surface area contributed by atoms with Crippen molar-refractivity contribution in [1.29, 1.82) is 0 Å². The van der Waals surface area contributed by atoms with Crippen LogP contribution in [-0.2, 0) is 23.7 Å². The van der Waals surface area contributed by atoms with Crippen LogP contribution >= 0.6 is 0 Å². The number of rotatable bonds is 8. The molecule has 9 nitrogen and oxygen atoms in total. The van der Waals surface area contributed by atoms with Crippen LogP contribution in [0.1, 0.15) is 46.8 Å². The smallest absolute Gasteiger partial charge is 0.322 e. The summed E-state index contributed by atoms with van der Waals surface area (Å²) in [7, 11) is 0. The first-order valence-corrected chi connectivity index (χ1v) is 15.1. The van der Waals surface area contributed by atoms with Gasteiger partial charge in [-0.05, 0) is 73.5 Å². The zero-order chi connectivity index (χ0) is 33.5. The molecular weight excluding hydrogens is 628 g/mol. The predicted molar refractivity (Wildman–Crippen MR) is 162 cm³/mol. The van der Waals surface area contributed by atoms with E-state index in [1.807, 2.05) is 11.8 Å². The second-order valence-corrected chi connectivity index (χ2v) is 11.8. The summed E-state index contributed by atoms with van der Waals surface area (Å²) in [6, 6.07) is 8.71. The van der Waals surface area contributed by atoms with Gasteiger partial charge >= 0.3 is 12.4 Å². The molecule has 2 aromatic heterocycles. The number of benzene rings is 2. The zero-order valence-corrected chi connectivity index (χ0v) is 25.3. The highest BCUT2D eigenvalue weighted by molar-refractivity contribution is 6.05. The molecule has 2 fully saturated rings. The summed E-state index contributed by atoms with van der Waals surface area (Å²) in [4.78, 5) is 33.9. The Labute approximate surface area is 265 Å². The maximum atomic E-state index is 14.1. The topological polar surface area (TPSA) is 94.9 Å². The van der Waals surface area contributed by atoms with Crippen LogP contribution in [-0.4, -0.2) is 68.9 Å². The number of carbonyl (C=O) groups is 2. The fraction of sp³-hybridized carbons (Fsp3) is 0.375. The second-order valence-electron chi connectivity index (χ2n) is 11.8. The molecule has 1 aliphatic carbocycles. The van der Waals surface area contributed by atoms with E-state index < -0.39 is 35.0 Å². The number of hydrogen-bond acceptors (Lipinski definition) is 6. The minimum absolute atomic E-state index is 0.0872. The summed E-state index contributed by atoms with van der Waals surface area (Å²) >= 11 is 0. The largest absolute Gasteiger partial charge is 0.417 e. The van der Waals surface area contributed by atoms with Gasteiger partial charge < -0.3 is 15.5 Å². The number of fused-ring (bicyclic) bond motifs is 1. The maximum Gasteiger partial charge on any atom is 0.417 e. The first-order valence-electron chi connectivity index (χ1n) is 15.1. The lowest BCUT2D eigenvalue weighted by Gasteiger charge is -2.34. The van der Waals surface area contributed by atoms with Crippen molar-refractivity contribution in [3.8, 4) is 11.3 Å². The number of carbonyl (C=O) groups excluding carboxylic acids is 2. The Morgan fingerprint density at radius 2 is 1.60 bits per heavy atom. The lowest BCUT2D eigenvalue weighted by molar-refractivity contribution is -0.138. The van der Waals surface area contributed by atoms with Crippen molar-refractivity contribution in [2.75, 3.05) is 43.4 Å². The van der Waals surface area contributed by atoms with E-state index in [0.717, 1.165) is 62.8 Å². The van der Waals surface area contributed by atoms with Crippen LogP contribution in [0.25, 0.3) is 16.9 Å². The molecule has 1 saturated heterocycles. The van der Waals surface area contributed by atoms with E-state index in [1.54, 1.807) is 0 Å². The Bertz CT molecular complexity index is 1810. The van der Waals surface area contributed by atoms with Crippen molar-refractivity contribution >= 4 is 29.0 Å². The molecule has 47 heavy (non-hydrogen) atoms.